The number of likely N-dealkylation sites (tertiary alicyclic amines) is 1. The number of nitrogens with zero attached hydrogens (tertiary/aromatic N) is 3. The maximum atomic E-state index is 12.8. The van der Waals surface area contributed by atoms with Gasteiger partial charge in [0.1, 0.15) is 0 Å². The Kier molecular flexibility index (Phi) is 5.18. The van der Waals surface area contributed by atoms with E-state index in [0.29, 0.717) is 32.7 Å². The van der Waals surface area contributed by atoms with E-state index in [1.54, 1.807) is 11.8 Å². The summed E-state index contributed by atoms with van der Waals surface area (Å²) in [4.78, 5) is 42.8. The molecule has 1 aromatic rings. The zero-order valence-electron chi connectivity index (χ0n) is 13.9. The predicted octanol–water partition coefficient (Wildman–Crippen LogP) is 1.29. The third-order valence-electron chi connectivity index (χ3n) is 4.83. The second-order valence-electron chi connectivity index (χ2n) is 6.40. The van der Waals surface area contributed by atoms with E-state index in [1.807, 2.05) is 27.3 Å². The van der Waals surface area contributed by atoms with Crippen LogP contribution in [0.3, 0.4) is 0 Å². The number of amides is 3. The molecular formula is C17H23N3O3S. The lowest BCUT2D eigenvalue weighted by Gasteiger charge is -2.38. The van der Waals surface area contributed by atoms with E-state index in [2.05, 4.69) is 0 Å². The van der Waals surface area contributed by atoms with E-state index in [1.165, 1.54) is 11.3 Å². The molecule has 0 aliphatic carbocycles. The van der Waals surface area contributed by atoms with E-state index in [-0.39, 0.29) is 23.6 Å². The Morgan fingerprint density at radius 3 is 2.38 bits per heavy atom. The summed E-state index contributed by atoms with van der Waals surface area (Å²) in [6, 6.07) is 3.71. The van der Waals surface area contributed by atoms with Crippen molar-refractivity contribution in [3.05, 3.63) is 22.4 Å². The van der Waals surface area contributed by atoms with Crippen LogP contribution in [0.1, 0.15) is 29.4 Å². The topological polar surface area (TPSA) is 60.9 Å². The molecule has 0 bridgehead atoms. The van der Waals surface area contributed by atoms with Gasteiger partial charge in [-0.15, -0.1) is 11.3 Å². The molecule has 0 saturated carbocycles. The molecule has 0 radical (unpaired) electrons. The van der Waals surface area contributed by atoms with Gasteiger partial charge in [0.2, 0.25) is 11.8 Å². The van der Waals surface area contributed by atoms with Gasteiger partial charge in [-0.05, 0) is 24.3 Å². The first kappa shape index (κ1) is 17.0. The fraction of sp³-hybridized carbons (Fsp3) is 0.588. The number of carbonyl (C=O) groups is 3. The average Bonchev–Trinajstić information content (AvgIpc) is 3.15. The first-order valence-electron chi connectivity index (χ1n) is 8.43. The van der Waals surface area contributed by atoms with Crippen molar-refractivity contribution >= 4 is 29.1 Å². The van der Waals surface area contributed by atoms with E-state index in [9.17, 15) is 14.4 Å². The Morgan fingerprint density at radius 2 is 1.75 bits per heavy atom. The lowest BCUT2D eigenvalue weighted by molar-refractivity contribution is -0.142. The lowest BCUT2D eigenvalue weighted by atomic mass is 9.96. The molecule has 3 amide bonds. The minimum absolute atomic E-state index is 0.0314. The first-order chi connectivity index (χ1) is 11.6. The van der Waals surface area contributed by atoms with E-state index in [0.717, 1.165) is 24.3 Å². The largest absolute Gasteiger partial charge is 0.339 e. The summed E-state index contributed by atoms with van der Waals surface area (Å²) in [5.41, 5.74) is 0. The van der Waals surface area contributed by atoms with Crippen molar-refractivity contribution in [2.24, 2.45) is 5.92 Å². The van der Waals surface area contributed by atoms with Crippen LogP contribution in [-0.4, -0.2) is 71.7 Å². The SMILES string of the molecule is CC(=O)N1CCN(C(=O)C2CCCN(C(=O)c3cccs3)C2)CC1. The minimum atomic E-state index is -0.119. The quantitative estimate of drug-likeness (QED) is 0.808. The molecule has 1 atom stereocenters. The molecule has 1 unspecified atom stereocenters. The molecule has 1 aromatic heterocycles. The Bertz CT molecular complexity index is 609. The Morgan fingerprint density at radius 1 is 1.04 bits per heavy atom. The van der Waals surface area contributed by atoms with Crippen molar-refractivity contribution in [1.29, 1.82) is 0 Å². The molecule has 3 heterocycles. The molecule has 0 spiro atoms. The highest BCUT2D eigenvalue weighted by Crippen LogP contribution is 2.22. The highest BCUT2D eigenvalue weighted by molar-refractivity contribution is 7.12. The van der Waals surface area contributed by atoms with Crippen LogP contribution < -0.4 is 0 Å². The second kappa shape index (κ2) is 7.34. The van der Waals surface area contributed by atoms with Crippen LogP contribution in [-0.2, 0) is 9.59 Å². The monoisotopic (exact) mass is 349 g/mol. The molecule has 0 N–H and O–H groups in total. The number of hydrogen-bond donors (Lipinski definition) is 0. The smallest absolute Gasteiger partial charge is 0.263 e. The summed E-state index contributed by atoms with van der Waals surface area (Å²) in [5, 5.41) is 1.90. The predicted molar refractivity (Wildman–Crippen MR) is 91.8 cm³/mol. The van der Waals surface area contributed by atoms with Gasteiger partial charge in [0.25, 0.3) is 5.91 Å². The number of hydrogen-bond acceptors (Lipinski definition) is 4. The molecule has 2 aliphatic rings. The maximum Gasteiger partial charge on any atom is 0.263 e. The van der Waals surface area contributed by atoms with E-state index in [4.69, 9.17) is 0 Å². The van der Waals surface area contributed by atoms with Gasteiger partial charge < -0.3 is 14.7 Å². The minimum Gasteiger partial charge on any atom is -0.339 e. The molecular weight excluding hydrogens is 326 g/mol. The molecule has 2 aliphatic heterocycles. The molecule has 3 rings (SSSR count). The summed E-state index contributed by atoms with van der Waals surface area (Å²) in [5.74, 6) is 0.102. The average molecular weight is 349 g/mol. The van der Waals surface area contributed by atoms with Crippen molar-refractivity contribution < 1.29 is 14.4 Å². The molecule has 24 heavy (non-hydrogen) atoms. The zero-order valence-corrected chi connectivity index (χ0v) is 14.8. The summed E-state index contributed by atoms with van der Waals surface area (Å²) < 4.78 is 0. The van der Waals surface area contributed by atoms with Gasteiger partial charge >= 0.3 is 0 Å². The van der Waals surface area contributed by atoms with Crippen LogP contribution >= 0.6 is 11.3 Å². The Labute approximate surface area is 146 Å². The Hall–Kier alpha value is -1.89. The van der Waals surface area contributed by atoms with Crippen LogP contribution in [0.2, 0.25) is 0 Å². The van der Waals surface area contributed by atoms with Crippen molar-refractivity contribution in [1.82, 2.24) is 14.7 Å². The molecule has 7 heteroatoms. The van der Waals surface area contributed by atoms with Gasteiger partial charge in [-0.2, -0.15) is 0 Å². The molecule has 2 fully saturated rings. The third-order valence-corrected chi connectivity index (χ3v) is 5.68. The van der Waals surface area contributed by atoms with Crippen LogP contribution in [0.5, 0.6) is 0 Å². The molecule has 130 valence electrons. The zero-order chi connectivity index (χ0) is 17.1. The molecule has 0 aromatic carbocycles. The summed E-state index contributed by atoms with van der Waals surface area (Å²) in [7, 11) is 0. The highest BCUT2D eigenvalue weighted by atomic mass is 32.1. The van der Waals surface area contributed by atoms with Crippen molar-refractivity contribution in [2.45, 2.75) is 19.8 Å². The van der Waals surface area contributed by atoms with Crippen molar-refractivity contribution in [3.63, 3.8) is 0 Å². The van der Waals surface area contributed by atoms with Gasteiger partial charge in [-0.25, -0.2) is 0 Å². The third kappa shape index (κ3) is 3.61. The number of piperidine rings is 1. The van der Waals surface area contributed by atoms with Gasteiger partial charge in [-0.1, -0.05) is 6.07 Å². The van der Waals surface area contributed by atoms with Crippen LogP contribution in [0.4, 0.5) is 0 Å². The Balaban J connectivity index is 1.57. The van der Waals surface area contributed by atoms with Crippen molar-refractivity contribution in [3.8, 4) is 0 Å². The number of piperazine rings is 1. The fourth-order valence-electron chi connectivity index (χ4n) is 3.42. The van der Waals surface area contributed by atoms with Gasteiger partial charge in [0.15, 0.2) is 0 Å². The van der Waals surface area contributed by atoms with E-state index < -0.39 is 0 Å². The van der Waals surface area contributed by atoms with Crippen LogP contribution in [0.25, 0.3) is 0 Å². The summed E-state index contributed by atoms with van der Waals surface area (Å²) in [6.07, 6.45) is 1.70. The summed E-state index contributed by atoms with van der Waals surface area (Å²) >= 11 is 1.44. The first-order valence-corrected chi connectivity index (χ1v) is 9.31. The standard InChI is InChI=1S/C17H23N3O3S/c1-13(21)18-7-9-19(10-8-18)16(22)14-4-2-6-20(12-14)17(23)15-5-3-11-24-15/h3,5,11,14H,2,4,6-10,12H2,1H3. The lowest BCUT2D eigenvalue weighted by Crippen LogP contribution is -2.53. The van der Waals surface area contributed by atoms with Crippen LogP contribution in [0.15, 0.2) is 17.5 Å². The maximum absolute atomic E-state index is 12.8. The van der Waals surface area contributed by atoms with E-state index >= 15 is 0 Å². The molecule has 2 saturated heterocycles. The second-order valence-corrected chi connectivity index (χ2v) is 7.35. The molecule has 6 nitrogen and oxygen atoms in total. The van der Waals surface area contributed by atoms with Gasteiger partial charge in [0, 0.05) is 46.2 Å². The van der Waals surface area contributed by atoms with Gasteiger partial charge in [-0.3, -0.25) is 14.4 Å². The number of carbonyl (C=O) groups excluding carboxylic acids is 3. The normalized spacial score (nSPS) is 21.7. The number of rotatable bonds is 2. The highest BCUT2D eigenvalue weighted by Gasteiger charge is 2.33. The summed E-state index contributed by atoms with van der Waals surface area (Å²) in [6.45, 7) is 5.17. The van der Waals surface area contributed by atoms with Gasteiger partial charge in [0.05, 0.1) is 10.8 Å². The van der Waals surface area contributed by atoms with Crippen LogP contribution in [0, 0.1) is 5.92 Å². The fourth-order valence-corrected chi connectivity index (χ4v) is 4.11. The number of thiophene rings is 1. The van der Waals surface area contributed by atoms with Crippen molar-refractivity contribution in [2.75, 3.05) is 39.3 Å².